The van der Waals surface area contributed by atoms with Crippen LogP contribution in [0.2, 0.25) is 0 Å². The van der Waals surface area contributed by atoms with Gasteiger partial charge in [0.25, 0.3) is 0 Å². The molecule has 1 saturated carbocycles. The van der Waals surface area contributed by atoms with Crippen molar-refractivity contribution in [2.24, 2.45) is 30.7 Å². The van der Waals surface area contributed by atoms with Crippen molar-refractivity contribution in [1.29, 1.82) is 0 Å². The number of rotatable bonds is 9. The number of carbonyl (C=O) groups excluding carboxylic acids is 2. The molecule has 1 aromatic heterocycles. The summed E-state index contributed by atoms with van der Waals surface area (Å²) in [6.45, 7) is 8.80. The average molecular weight is 675 g/mol. The number of esters is 2. The molecule has 1 saturated heterocycles. The highest BCUT2D eigenvalue weighted by Crippen LogP contribution is 2.52. The first kappa shape index (κ1) is 36.4. The zero-order valence-corrected chi connectivity index (χ0v) is 28.8. The predicted molar refractivity (Wildman–Crippen MR) is 172 cm³/mol. The lowest BCUT2D eigenvalue weighted by atomic mass is 9.59. The molecular weight excluding hydrogens is 624 g/mol. The van der Waals surface area contributed by atoms with Crippen molar-refractivity contribution in [3.8, 4) is 0 Å². The molecule has 1 aliphatic carbocycles. The molecule has 11 atom stereocenters. The highest BCUT2D eigenvalue weighted by atomic mass is 16.7. The van der Waals surface area contributed by atoms with Crippen molar-refractivity contribution in [2.45, 2.75) is 102 Å². The van der Waals surface area contributed by atoms with Crippen LogP contribution in [0.3, 0.4) is 0 Å². The molecule has 4 aliphatic rings. The molecule has 0 radical (unpaired) electrons. The van der Waals surface area contributed by atoms with Gasteiger partial charge in [-0.3, -0.25) is 4.79 Å². The maximum atomic E-state index is 13.3. The summed E-state index contributed by atoms with van der Waals surface area (Å²) in [7, 11) is 3.34. The molecule has 48 heavy (non-hydrogen) atoms. The van der Waals surface area contributed by atoms with E-state index in [1.807, 2.05) is 27.0 Å². The Bertz CT molecular complexity index is 1420. The van der Waals surface area contributed by atoms with Gasteiger partial charge in [0.1, 0.15) is 23.9 Å². The second kappa shape index (κ2) is 14.1. The van der Waals surface area contributed by atoms with Crippen LogP contribution in [0.1, 0.15) is 59.6 Å². The number of allylic oxidation sites excluding steroid dienone is 1. The van der Waals surface area contributed by atoms with Gasteiger partial charge >= 0.3 is 11.9 Å². The highest BCUT2D eigenvalue weighted by Gasteiger charge is 2.56. The molecule has 0 unspecified atom stereocenters. The average Bonchev–Trinajstić information content (AvgIpc) is 3.61. The zero-order chi connectivity index (χ0) is 35.0. The number of aliphatic hydroxyl groups excluding tert-OH is 2. The van der Waals surface area contributed by atoms with E-state index in [2.05, 4.69) is 18.8 Å². The fraction of sp³-hybridized carbons (Fsp3) is 0.686. The number of fused-ring (bicyclic) bond motifs is 3. The van der Waals surface area contributed by atoms with Gasteiger partial charge in [-0.2, -0.15) is 0 Å². The number of nitrogens with zero attached hydrogens (tertiary/aromatic N) is 2. The molecule has 13 heteroatoms. The predicted octanol–water partition coefficient (Wildman–Crippen LogP) is 2.44. The number of aliphatic hydroxyl groups is 3. The minimum absolute atomic E-state index is 0.132. The summed E-state index contributed by atoms with van der Waals surface area (Å²) in [5.74, 6) is -2.82. The number of aromatic nitrogens is 2. The Labute approximate surface area is 281 Å². The van der Waals surface area contributed by atoms with Crippen molar-refractivity contribution < 1.29 is 53.3 Å². The lowest BCUT2D eigenvalue weighted by Crippen LogP contribution is -2.55. The second-order valence-corrected chi connectivity index (χ2v) is 14.3. The third-order valence-corrected chi connectivity index (χ3v) is 10.4. The Morgan fingerprint density at radius 1 is 1.21 bits per heavy atom. The monoisotopic (exact) mass is 674 g/mol. The first-order chi connectivity index (χ1) is 22.6. The molecule has 0 aromatic carbocycles. The molecule has 266 valence electrons. The fourth-order valence-electron chi connectivity index (χ4n) is 7.61. The lowest BCUT2D eigenvalue weighted by Gasteiger charge is -2.49. The summed E-state index contributed by atoms with van der Waals surface area (Å²) in [5.41, 5.74) is -1.09. The Morgan fingerprint density at radius 3 is 2.60 bits per heavy atom. The smallest absolute Gasteiger partial charge is 0.331 e. The summed E-state index contributed by atoms with van der Waals surface area (Å²) >= 11 is 0. The number of aryl methyl sites for hydroxylation is 1. The van der Waals surface area contributed by atoms with Gasteiger partial charge in [-0.05, 0) is 75.0 Å². The maximum absolute atomic E-state index is 13.3. The van der Waals surface area contributed by atoms with Crippen LogP contribution in [-0.4, -0.2) is 105 Å². The zero-order valence-electron chi connectivity index (χ0n) is 28.8. The molecule has 1 aromatic rings. The molecule has 4 heterocycles. The summed E-state index contributed by atoms with van der Waals surface area (Å²) in [5, 5.41) is 32.7. The van der Waals surface area contributed by atoms with Crippen LogP contribution in [0, 0.1) is 23.7 Å². The van der Waals surface area contributed by atoms with E-state index in [1.54, 1.807) is 35.3 Å². The van der Waals surface area contributed by atoms with Crippen LogP contribution in [-0.2, 0) is 45.1 Å². The van der Waals surface area contributed by atoms with E-state index >= 15 is 0 Å². The SMILES string of the molecule is CO[C@]12C=C[C@](C)(O1)[C@@H](OC(=O)/C=C/c1cn(C)cn1)C[C@@H]1[C@H](/C=C\2CO[C@@H]2OC[C@@H](O)[C@@H](O)[C@@H]2OC(C)=O)[C@@H](C(C)C)CC[C@@]1(C)O. The van der Waals surface area contributed by atoms with Crippen LogP contribution in [0.15, 0.2) is 42.4 Å². The van der Waals surface area contributed by atoms with E-state index in [0.29, 0.717) is 24.1 Å². The Morgan fingerprint density at radius 2 is 1.96 bits per heavy atom. The Hall–Kier alpha value is -2.91. The number of hydrogen-bond donors (Lipinski definition) is 3. The summed E-state index contributed by atoms with van der Waals surface area (Å²) in [6.07, 6.45) is 7.63. The van der Waals surface area contributed by atoms with E-state index in [-0.39, 0.29) is 36.9 Å². The van der Waals surface area contributed by atoms with Crippen molar-refractivity contribution >= 4 is 18.0 Å². The van der Waals surface area contributed by atoms with Crippen molar-refractivity contribution in [2.75, 3.05) is 20.3 Å². The Balaban J connectivity index is 1.51. The van der Waals surface area contributed by atoms with Crippen molar-refractivity contribution in [3.63, 3.8) is 0 Å². The summed E-state index contributed by atoms with van der Waals surface area (Å²) in [4.78, 5) is 29.4. The van der Waals surface area contributed by atoms with Gasteiger partial charge in [0.15, 0.2) is 12.4 Å². The number of imidazole rings is 1. The van der Waals surface area contributed by atoms with Gasteiger partial charge in [0, 0.05) is 38.9 Å². The molecule has 0 amide bonds. The third-order valence-electron chi connectivity index (χ3n) is 10.4. The van der Waals surface area contributed by atoms with Crippen molar-refractivity contribution in [3.05, 3.63) is 48.1 Å². The van der Waals surface area contributed by atoms with Crippen LogP contribution in [0.4, 0.5) is 0 Å². The van der Waals surface area contributed by atoms with Gasteiger partial charge in [-0.25, -0.2) is 9.78 Å². The first-order valence-corrected chi connectivity index (χ1v) is 16.6. The van der Waals surface area contributed by atoms with Gasteiger partial charge < -0.3 is 48.3 Å². The topological polar surface area (TPSA) is 168 Å². The molecule has 13 nitrogen and oxygen atoms in total. The van der Waals surface area contributed by atoms with Gasteiger partial charge in [0.2, 0.25) is 5.79 Å². The minimum Gasteiger partial charge on any atom is -0.456 e. The van der Waals surface area contributed by atoms with E-state index in [0.717, 1.165) is 6.42 Å². The number of methoxy groups -OCH3 is 1. The molecule has 5 rings (SSSR count). The van der Waals surface area contributed by atoms with E-state index in [9.17, 15) is 24.9 Å². The number of ether oxygens (including phenoxy) is 6. The quantitative estimate of drug-likeness (QED) is 0.199. The number of hydrogen-bond acceptors (Lipinski definition) is 12. The van der Waals surface area contributed by atoms with Crippen LogP contribution in [0.25, 0.3) is 6.08 Å². The molecular formula is C35H50N2O11. The first-order valence-electron chi connectivity index (χ1n) is 16.6. The van der Waals surface area contributed by atoms with E-state index in [1.165, 1.54) is 20.1 Å². The molecule has 2 bridgehead atoms. The molecule has 2 fully saturated rings. The lowest BCUT2D eigenvalue weighted by molar-refractivity contribution is -0.277. The summed E-state index contributed by atoms with van der Waals surface area (Å²) in [6, 6.07) is 0. The normalized spacial score (nSPS) is 40.9. The maximum Gasteiger partial charge on any atom is 0.331 e. The fourth-order valence-corrected chi connectivity index (χ4v) is 7.61. The van der Waals surface area contributed by atoms with Gasteiger partial charge in [-0.1, -0.05) is 19.9 Å². The second-order valence-electron chi connectivity index (χ2n) is 14.3. The third kappa shape index (κ3) is 7.47. The minimum atomic E-state index is -1.45. The van der Waals surface area contributed by atoms with E-state index < -0.39 is 59.6 Å². The molecule has 3 aliphatic heterocycles. The Kier molecular flexibility index (Phi) is 10.7. The summed E-state index contributed by atoms with van der Waals surface area (Å²) < 4.78 is 37.9. The molecule has 3 N–H and O–H groups in total. The highest BCUT2D eigenvalue weighted by molar-refractivity contribution is 5.86. The number of carbonyl (C=O) groups is 2. The van der Waals surface area contributed by atoms with Gasteiger partial charge in [0.05, 0.1) is 30.8 Å². The van der Waals surface area contributed by atoms with E-state index in [4.69, 9.17) is 28.4 Å². The van der Waals surface area contributed by atoms with Crippen molar-refractivity contribution in [1.82, 2.24) is 9.55 Å². The largest absolute Gasteiger partial charge is 0.456 e. The van der Waals surface area contributed by atoms with Crippen LogP contribution in [0.5, 0.6) is 0 Å². The van der Waals surface area contributed by atoms with Crippen LogP contribution < -0.4 is 0 Å². The van der Waals surface area contributed by atoms with Gasteiger partial charge in [-0.15, -0.1) is 0 Å². The standard InChI is InChI=1S/C35H50N2O11/c1-20(2)24-10-11-33(4,42)26-15-28(47-29(40)9-8-23-16-37(6)19-36-23)34(5)12-13-35(43-7,48-34)22(14-25(24)26)17-44-32-31(46-21(3)38)30(41)27(39)18-45-32/h8-9,12-14,16,19-20,24-28,30-32,39,41-42H,10-11,15,17-18H2,1-7H3/b9-8+,22-14-/t24-,25-,26-,27-,28+,30-,31+,32-,33-,34+,35-/m1/s1. The van der Waals surface area contributed by atoms with Crippen LogP contribution >= 0.6 is 0 Å². The molecule has 0 spiro atoms.